The second-order valence-electron chi connectivity index (χ2n) is 5.27. The van der Waals surface area contributed by atoms with Crippen LogP contribution in [0, 0.1) is 9.49 Å². The first-order chi connectivity index (χ1) is 10.6. The van der Waals surface area contributed by atoms with Crippen LogP contribution in [0.15, 0.2) is 48.5 Å². The molecule has 0 unspecified atom stereocenters. The van der Waals surface area contributed by atoms with Crippen molar-refractivity contribution < 1.29 is 9.59 Å². The highest BCUT2D eigenvalue weighted by Gasteiger charge is 2.29. The number of nitrogens with one attached hydrogen (secondary N) is 2. The summed E-state index contributed by atoms with van der Waals surface area (Å²) in [6, 6.07) is 14.6. The van der Waals surface area contributed by atoms with Gasteiger partial charge in [0.15, 0.2) is 0 Å². The Labute approximate surface area is 142 Å². The van der Waals surface area contributed by atoms with Crippen molar-refractivity contribution in [2.24, 2.45) is 5.92 Å². The van der Waals surface area contributed by atoms with Crippen molar-refractivity contribution in [3.63, 3.8) is 0 Å². The van der Waals surface area contributed by atoms with Crippen molar-refractivity contribution >= 4 is 45.8 Å². The molecule has 0 aliphatic heterocycles. The molecule has 0 saturated heterocycles. The Balaban J connectivity index is 1.64. The highest BCUT2D eigenvalue weighted by molar-refractivity contribution is 14.1. The molecule has 1 fully saturated rings. The van der Waals surface area contributed by atoms with Gasteiger partial charge in [-0.3, -0.25) is 9.59 Å². The topological polar surface area (TPSA) is 58.2 Å². The molecule has 1 saturated carbocycles. The molecule has 0 radical (unpaired) electrons. The second kappa shape index (κ2) is 6.48. The number of halogens is 1. The van der Waals surface area contributed by atoms with Crippen LogP contribution in [-0.4, -0.2) is 11.8 Å². The number of rotatable bonds is 4. The predicted molar refractivity (Wildman–Crippen MR) is 94.9 cm³/mol. The van der Waals surface area contributed by atoms with Gasteiger partial charge in [0, 0.05) is 20.9 Å². The van der Waals surface area contributed by atoms with Gasteiger partial charge < -0.3 is 10.6 Å². The zero-order chi connectivity index (χ0) is 15.5. The third-order valence-corrected chi connectivity index (χ3v) is 4.42. The summed E-state index contributed by atoms with van der Waals surface area (Å²) in [5, 5.41) is 5.73. The molecule has 0 atom stereocenters. The van der Waals surface area contributed by atoms with Gasteiger partial charge in [0.25, 0.3) is 5.91 Å². The Morgan fingerprint density at radius 3 is 2.09 bits per heavy atom. The summed E-state index contributed by atoms with van der Waals surface area (Å²) >= 11 is 2.14. The van der Waals surface area contributed by atoms with Crippen LogP contribution in [0.25, 0.3) is 0 Å². The van der Waals surface area contributed by atoms with E-state index in [1.165, 1.54) is 0 Å². The maximum absolute atomic E-state index is 12.2. The summed E-state index contributed by atoms with van der Waals surface area (Å²) in [7, 11) is 0. The third-order valence-electron chi connectivity index (χ3n) is 3.48. The molecule has 112 valence electrons. The monoisotopic (exact) mass is 406 g/mol. The van der Waals surface area contributed by atoms with Crippen molar-refractivity contribution in [3.05, 3.63) is 57.7 Å². The van der Waals surface area contributed by atoms with Crippen molar-refractivity contribution in [1.29, 1.82) is 0 Å². The van der Waals surface area contributed by atoms with E-state index >= 15 is 0 Å². The van der Waals surface area contributed by atoms with Gasteiger partial charge in [-0.15, -0.1) is 0 Å². The van der Waals surface area contributed by atoms with Gasteiger partial charge in [0.05, 0.1) is 5.56 Å². The molecule has 1 aliphatic rings. The number of amides is 2. The minimum absolute atomic E-state index is 0.0793. The molecule has 5 heteroatoms. The highest BCUT2D eigenvalue weighted by Crippen LogP contribution is 2.30. The van der Waals surface area contributed by atoms with Gasteiger partial charge in [-0.25, -0.2) is 0 Å². The summed E-state index contributed by atoms with van der Waals surface area (Å²) < 4.78 is 0.908. The number of hydrogen-bond acceptors (Lipinski definition) is 2. The molecule has 4 nitrogen and oxygen atoms in total. The number of benzene rings is 2. The lowest BCUT2D eigenvalue weighted by Crippen LogP contribution is -2.14. The zero-order valence-electron chi connectivity index (χ0n) is 11.8. The number of anilines is 2. The van der Waals surface area contributed by atoms with Crippen molar-refractivity contribution in [2.75, 3.05) is 10.6 Å². The molecule has 22 heavy (non-hydrogen) atoms. The van der Waals surface area contributed by atoms with Gasteiger partial charge in [-0.2, -0.15) is 0 Å². The fourth-order valence-electron chi connectivity index (χ4n) is 2.07. The first kappa shape index (κ1) is 15.0. The summed E-state index contributed by atoms with van der Waals surface area (Å²) in [4.78, 5) is 23.9. The summed E-state index contributed by atoms with van der Waals surface area (Å²) in [5.74, 6) is 0.120. The Morgan fingerprint density at radius 1 is 0.909 bits per heavy atom. The molecular weight excluding hydrogens is 391 g/mol. The maximum atomic E-state index is 12.2. The smallest absolute Gasteiger partial charge is 0.256 e. The van der Waals surface area contributed by atoms with Gasteiger partial charge in [-0.05, 0) is 71.8 Å². The van der Waals surface area contributed by atoms with Crippen LogP contribution in [0.5, 0.6) is 0 Å². The summed E-state index contributed by atoms with van der Waals surface area (Å²) in [6.07, 6.45) is 1.96. The van der Waals surface area contributed by atoms with Crippen LogP contribution in [0.2, 0.25) is 0 Å². The first-order valence-corrected chi connectivity index (χ1v) is 8.18. The maximum Gasteiger partial charge on any atom is 0.256 e. The lowest BCUT2D eigenvalue weighted by Gasteiger charge is -2.08. The number of carbonyl (C=O) groups excluding carboxylic acids is 2. The standard InChI is InChI=1S/C17H15IN2O2/c18-15-4-2-1-3-14(15)17(22)20-13-9-7-12(8-10-13)19-16(21)11-5-6-11/h1-4,7-11H,5-6H2,(H,19,21)(H,20,22). The van der Waals surface area contributed by atoms with Crippen molar-refractivity contribution in [3.8, 4) is 0 Å². The van der Waals surface area contributed by atoms with E-state index in [1.54, 1.807) is 30.3 Å². The normalized spacial score (nSPS) is 13.5. The fraction of sp³-hybridized carbons (Fsp3) is 0.176. The lowest BCUT2D eigenvalue weighted by molar-refractivity contribution is -0.117. The van der Waals surface area contributed by atoms with E-state index in [0.717, 1.165) is 22.1 Å². The molecule has 2 N–H and O–H groups in total. The van der Waals surface area contributed by atoms with Crippen LogP contribution in [0.3, 0.4) is 0 Å². The van der Waals surface area contributed by atoms with E-state index in [9.17, 15) is 9.59 Å². The molecule has 0 heterocycles. The number of hydrogen-bond donors (Lipinski definition) is 2. The third kappa shape index (κ3) is 3.65. The van der Waals surface area contributed by atoms with Crippen LogP contribution < -0.4 is 10.6 Å². The fourth-order valence-corrected chi connectivity index (χ4v) is 2.70. The molecule has 0 spiro atoms. The van der Waals surface area contributed by atoms with E-state index in [1.807, 2.05) is 18.2 Å². The van der Waals surface area contributed by atoms with Crippen LogP contribution in [-0.2, 0) is 4.79 Å². The minimum Gasteiger partial charge on any atom is -0.326 e. The Hall–Kier alpha value is -1.89. The summed E-state index contributed by atoms with van der Waals surface area (Å²) in [6.45, 7) is 0. The second-order valence-corrected chi connectivity index (χ2v) is 6.44. The predicted octanol–water partition coefficient (Wildman–Crippen LogP) is 3.89. The van der Waals surface area contributed by atoms with E-state index in [2.05, 4.69) is 33.2 Å². The van der Waals surface area contributed by atoms with Gasteiger partial charge in [0.2, 0.25) is 5.91 Å². The molecule has 2 amide bonds. The Kier molecular flexibility index (Phi) is 4.42. The average Bonchev–Trinajstić information content (AvgIpc) is 3.34. The van der Waals surface area contributed by atoms with Crippen molar-refractivity contribution in [2.45, 2.75) is 12.8 Å². The van der Waals surface area contributed by atoms with E-state index in [4.69, 9.17) is 0 Å². The Bertz CT molecular complexity index is 709. The van der Waals surface area contributed by atoms with E-state index < -0.39 is 0 Å². The molecule has 0 aromatic heterocycles. The first-order valence-electron chi connectivity index (χ1n) is 7.10. The number of carbonyl (C=O) groups is 2. The lowest BCUT2D eigenvalue weighted by atomic mass is 10.2. The molecule has 2 aromatic carbocycles. The summed E-state index contributed by atoms with van der Waals surface area (Å²) in [5.41, 5.74) is 2.10. The van der Waals surface area contributed by atoms with Crippen molar-refractivity contribution in [1.82, 2.24) is 0 Å². The van der Waals surface area contributed by atoms with Gasteiger partial charge in [-0.1, -0.05) is 12.1 Å². The average molecular weight is 406 g/mol. The quantitative estimate of drug-likeness (QED) is 0.757. The zero-order valence-corrected chi connectivity index (χ0v) is 14.0. The van der Waals surface area contributed by atoms with Gasteiger partial charge >= 0.3 is 0 Å². The molecule has 1 aliphatic carbocycles. The van der Waals surface area contributed by atoms with Crippen LogP contribution in [0.4, 0.5) is 11.4 Å². The molecule has 3 rings (SSSR count). The van der Waals surface area contributed by atoms with E-state index in [-0.39, 0.29) is 17.7 Å². The van der Waals surface area contributed by atoms with E-state index in [0.29, 0.717) is 11.3 Å². The SMILES string of the molecule is O=C(Nc1ccc(NC(=O)C2CC2)cc1)c1ccccc1I. The highest BCUT2D eigenvalue weighted by atomic mass is 127. The minimum atomic E-state index is -0.139. The van der Waals surface area contributed by atoms with Crippen LogP contribution in [0.1, 0.15) is 23.2 Å². The Morgan fingerprint density at radius 2 is 1.50 bits per heavy atom. The molecular formula is C17H15IN2O2. The van der Waals surface area contributed by atoms with Gasteiger partial charge in [0.1, 0.15) is 0 Å². The molecule has 2 aromatic rings. The molecule has 0 bridgehead atoms. The van der Waals surface area contributed by atoms with Crippen LogP contribution >= 0.6 is 22.6 Å². The largest absolute Gasteiger partial charge is 0.326 e.